The van der Waals surface area contributed by atoms with Gasteiger partial charge in [-0.15, -0.1) is 0 Å². The van der Waals surface area contributed by atoms with Crippen LogP contribution in [0.15, 0.2) is 34.9 Å². The number of alkyl halides is 3. The van der Waals surface area contributed by atoms with E-state index in [1.165, 1.54) is 23.1 Å². The second-order valence-electron chi connectivity index (χ2n) is 5.79. The fourth-order valence-electron chi connectivity index (χ4n) is 2.72. The number of β-amino-alcohol motifs (C(OH)–C–C–N with tert-alkyl or cyclic N) is 1. The number of carbonyl (C=O) groups excluding carboxylic acids is 1. The first-order valence-corrected chi connectivity index (χ1v) is 7.56. The van der Waals surface area contributed by atoms with E-state index in [4.69, 9.17) is 4.52 Å². The number of aliphatic hydroxyl groups is 2. The number of aliphatic hydroxyl groups excluding tert-OH is 2. The van der Waals surface area contributed by atoms with Crippen LogP contribution in [-0.4, -0.2) is 51.5 Å². The molecule has 0 bridgehead atoms. The van der Waals surface area contributed by atoms with E-state index in [2.05, 4.69) is 5.16 Å². The Labute approximate surface area is 140 Å². The van der Waals surface area contributed by atoms with Gasteiger partial charge in [0.15, 0.2) is 0 Å². The number of likely N-dealkylation sites (tertiary alicyclic amines) is 1. The largest absolute Gasteiger partial charge is 0.417 e. The van der Waals surface area contributed by atoms with Crippen molar-refractivity contribution in [3.63, 3.8) is 0 Å². The Morgan fingerprint density at radius 1 is 1.24 bits per heavy atom. The Morgan fingerprint density at radius 3 is 2.64 bits per heavy atom. The second-order valence-corrected chi connectivity index (χ2v) is 5.79. The molecule has 0 spiro atoms. The molecule has 0 aliphatic carbocycles. The van der Waals surface area contributed by atoms with Crippen molar-refractivity contribution in [3.8, 4) is 11.3 Å². The maximum atomic E-state index is 13.1. The maximum Gasteiger partial charge on any atom is 0.417 e. The number of hydrogen-bond acceptors (Lipinski definition) is 5. The van der Waals surface area contributed by atoms with Crippen molar-refractivity contribution in [1.29, 1.82) is 0 Å². The van der Waals surface area contributed by atoms with Crippen LogP contribution in [-0.2, 0) is 6.18 Å². The van der Waals surface area contributed by atoms with Gasteiger partial charge in [0, 0.05) is 24.7 Å². The summed E-state index contributed by atoms with van der Waals surface area (Å²) in [6.45, 7) is 0.113. The standard InChI is InChI=1S/C16H15F3N2O4/c17-16(18,19)10-4-2-1-3-9(10)11-7-14(25-20-11)15(24)21-6-5-12(22)13(23)8-21/h1-4,7,12-13,22-23H,5-6,8H2/t12-,13+/m1/s1. The van der Waals surface area contributed by atoms with E-state index in [0.717, 1.165) is 12.1 Å². The van der Waals surface area contributed by atoms with Gasteiger partial charge in [0.25, 0.3) is 5.91 Å². The van der Waals surface area contributed by atoms with Gasteiger partial charge >= 0.3 is 6.18 Å². The van der Waals surface area contributed by atoms with Gasteiger partial charge in [-0.25, -0.2) is 0 Å². The number of amides is 1. The summed E-state index contributed by atoms with van der Waals surface area (Å²) in [7, 11) is 0. The molecule has 134 valence electrons. The lowest BCUT2D eigenvalue weighted by molar-refractivity contribution is -0.137. The van der Waals surface area contributed by atoms with E-state index in [1.54, 1.807) is 0 Å². The molecular weight excluding hydrogens is 341 g/mol. The first-order chi connectivity index (χ1) is 11.8. The normalized spacial score (nSPS) is 21.4. The average molecular weight is 356 g/mol. The van der Waals surface area contributed by atoms with Crippen LogP contribution >= 0.6 is 0 Å². The number of carbonyl (C=O) groups is 1. The van der Waals surface area contributed by atoms with E-state index in [9.17, 15) is 28.2 Å². The molecule has 0 unspecified atom stereocenters. The molecule has 0 radical (unpaired) electrons. The molecule has 1 aromatic heterocycles. The lowest BCUT2D eigenvalue weighted by Gasteiger charge is -2.32. The Kier molecular flexibility index (Phi) is 4.53. The molecule has 2 aromatic rings. The topological polar surface area (TPSA) is 86.8 Å². The van der Waals surface area contributed by atoms with Gasteiger partial charge in [-0.3, -0.25) is 4.79 Å². The van der Waals surface area contributed by atoms with Gasteiger partial charge in [-0.05, 0) is 12.5 Å². The number of nitrogens with zero attached hydrogens (tertiary/aromatic N) is 2. The van der Waals surface area contributed by atoms with Gasteiger partial charge in [0.1, 0.15) is 5.69 Å². The molecule has 1 aliphatic rings. The molecule has 1 aromatic carbocycles. The summed E-state index contributed by atoms with van der Waals surface area (Å²) in [4.78, 5) is 13.6. The maximum absolute atomic E-state index is 13.1. The predicted octanol–water partition coefficient (Wildman–Crippen LogP) is 1.93. The highest BCUT2D eigenvalue weighted by molar-refractivity contribution is 5.92. The van der Waals surface area contributed by atoms with Gasteiger partial charge in [0.2, 0.25) is 5.76 Å². The second kappa shape index (κ2) is 6.49. The van der Waals surface area contributed by atoms with E-state index in [0.29, 0.717) is 0 Å². The third-order valence-electron chi connectivity index (χ3n) is 4.06. The summed E-state index contributed by atoms with van der Waals surface area (Å²) >= 11 is 0. The quantitative estimate of drug-likeness (QED) is 0.859. The molecule has 2 N–H and O–H groups in total. The van der Waals surface area contributed by atoms with E-state index < -0.39 is 29.9 Å². The van der Waals surface area contributed by atoms with E-state index in [-0.39, 0.29) is 36.5 Å². The smallest absolute Gasteiger partial charge is 0.390 e. The van der Waals surface area contributed by atoms with Gasteiger partial charge in [-0.2, -0.15) is 13.2 Å². The van der Waals surface area contributed by atoms with Crippen LogP contribution in [0.4, 0.5) is 13.2 Å². The first kappa shape index (κ1) is 17.4. The summed E-state index contributed by atoms with van der Waals surface area (Å²) in [5.41, 5.74) is -1.17. The molecule has 1 fully saturated rings. The van der Waals surface area contributed by atoms with E-state index in [1.807, 2.05) is 0 Å². The summed E-state index contributed by atoms with van der Waals surface area (Å²) in [5, 5.41) is 22.7. The summed E-state index contributed by atoms with van der Waals surface area (Å²) < 4.78 is 44.2. The predicted molar refractivity (Wildman–Crippen MR) is 79.5 cm³/mol. The Hall–Kier alpha value is -2.39. The number of aromatic nitrogens is 1. The highest BCUT2D eigenvalue weighted by Crippen LogP contribution is 2.36. The van der Waals surface area contributed by atoms with Gasteiger partial charge < -0.3 is 19.6 Å². The molecule has 25 heavy (non-hydrogen) atoms. The number of hydrogen-bond donors (Lipinski definition) is 2. The fourth-order valence-corrected chi connectivity index (χ4v) is 2.72. The highest BCUT2D eigenvalue weighted by atomic mass is 19.4. The SMILES string of the molecule is O=C(c1cc(-c2ccccc2C(F)(F)F)no1)N1CC[C@@H](O)[C@@H](O)C1. The van der Waals surface area contributed by atoms with Crippen LogP contribution in [0.1, 0.15) is 22.5 Å². The molecular formula is C16H15F3N2O4. The Bertz CT molecular complexity index is 775. The zero-order chi connectivity index (χ0) is 18.2. The molecule has 1 amide bonds. The van der Waals surface area contributed by atoms with Crippen molar-refractivity contribution in [2.24, 2.45) is 0 Å². The van der Waals surface area contributed by atoms with Crippen LogP contribution in [0.3, 0.4) is 0 Å². The zero-order valence-electron chi connectivity index (χ0n) is 12.9. The highest BCUT2D eigenvalue weighted by Gasteiger charge is 2.35. The van der Waals surface area contributed by atoms with Gasteiger partial charge in [-0.1, -0.05) is 23.4 Å². The molecule has 2 atom stereocenters. The Balaban J connectivity index is 1.85. The lowest BCUT2D eigenvalue weighted by Crippen LogP contribution is -2.48. The third kappa shape index (κ3) is 3.52. The zero-order valence-corrected chi connectivity index (χ0v) is 12.9. The monoisotopic (exact) mass is 356 g/mol. The molecule has 1 aliphatic heterocycles. The number of halogens is 3. The molecule has 6 nitrogen and oxygen atoms in total. The van der Waals surface area contributed by atoms with Crippen molar-refractivity contribution in [1.82, 2.24) is 10.1 Å². The number of rotatable bonds is 2. The third-order valence-corrected chi connectivity index (χ3v) is 4.06. The molecule has 0 saturated carbocycles. The van der Waals surface area contributed by atoms with Crippen molar-refractivity contribution < 1.29 is 32.7 Å². The first-order valence-electron chi connectivity index (χ1n) is 7.56. The van der Waals surface area contributed by atoms with Crippen molar-refractivity contribution in [2.45, 2.75) is 24.8 Å². The minimum atomic E-state index is -4.56. The van der Waals surface area contributed by atoms with Crippen LogP contribution < -0.4 is 0 Å². The van der Waals surface area contributed by atoms with Crippen LogP contribution in [0.2, 0.25) is 0 Å². The van der Waals surface area contributed by atoms with Crippen molar-refractivity contribution >= 4 is 5.91 Å². The van der Waals surface area contributed by atoms with Crippen LogP contribution in [0, 0.1) is 0 Å². The number of benzene rings is 1. The lowest BCUT2D eigenvalue weighted by atomic mass is 10.0. The minimum absolute atomic E-state index is 0.0881. The molecule has 9 heteroatoms. The van der Waals surface area contributed by atoms with Gasteiger partial charge in [0.05, 0.1) is 17.8 Å². The number of piperidine rings is 1. The summed E-state index contributed by atoms with van der Waals surface area (Å²) in [5.74, 6) is -0.829. The Morgan fingerprint density at radius 2 is 1.96 bits per heavy atom. The summed E-state index contributed by atoms with van der Waals surface area (Å²) in [6, 6.07) is 6.01. The fraction of sp³-hybridized carbons (Fsp3) is 0.375. The van der Waals surface area contributed by atoms with Crippen molar-refractivity contribution in [2.75, 3.05) is 13.1 Å². The van der Waals surface area contributed by atoms with Crippen molar-refractivity contribution in [3.05, 3.63) is 41.7 Å². The molecule has 3 rings (SSSR count). The van der Waals surface area contributed by atoms with Crippen LogP contribution in [0.25, 0.3) is 11.3 Å². The van der Waals surface area contributed by atoms with E-state index >= 15 is 0 Å². The average Bonchev–Trinajstić information content (AvgIpc) is 3.06. The summed E-state index contributed by atoms with van der Waals surface area (Å²) in [6.07, 6.45) is -6.35. The van der Waals surface area contributed by atoms with Crippen LogP contribution in [0.5, 0.6) is 0 Å². The molecule has 1 saturated heterocycles. The molecule has 2 heterocycles. The minimum Gasteiger partial charge on any atom is -0.390 e.